The third kappa shape index (κ3) is 2.04. The fraction of sp³-hybridized carbons (Fsp3) is 0.923. The average molecular weight is 256 g/mol. The van der Waals surface area contributed by atoms with E-state index in [2.05, 4.69) is 0 Å². The highest BCUT2D eigenvalue weighted by Gasteiger charge is 2.59. The van der Waals surface area contributed by atoms with Gasteiger partial charge in [0.05, 0.1) is 6.10 Å². The molecular weight excluding hydrogens is 236 g/mol. The van der Waals surface area contributed by atoms with Crippen molar-refractivity contribution in [3.63, 3.8) is 0 Å². The molecule has 0 aromatic heterocycles. The number of fused-ring (bicyclic) bond motifs is 1. The summed E-state index contributed by atoms with van der Waals surface area (Å²) in [5, 5.41) is 0. The van der Waals surface area contributed by atoms with Gasteiger partial charge in [-0.3, -0.25) is 0 Å². The minimum Gasteiger partial charge on any atom is -0.431 e. The van der Waals surface area contributed by atoms with Crippen molar-refractivity contribution in [3.05, 3.63) is 0 Å². The first-order valence-electron chi connectivity index (χ1n) is 6.81. The van der Waals surface area contributed by atoms with Crippen LogP contribution in [0, 0.1) is 0 Å². The highest BCUT2D eigenvalue weighted by Crippen LogP contribution is 2.44. The Morgan fingerprint density at radius 1 is 1.22 bits per heavy atom. The van der Waals surface area contributed by atoms with Crippen LogP contribution in [0.2, 0.25) is 0 Å². The van der Waals surface area contributed by atoms with Crippen molar-refractivity contribution in [2.24, 2.45) is 0 Å². The largest absolute Gasteiger partial charge is 0.431 e. The molecule has 3 aliphatic rings. The molecule has 102 valence electrons. The number of esters is 1. The predicted octanol–water partition coefficient (Wildman–Crippen LogP) is 1.74. The molecule has 3 unspecified atom stereocenters. The second-order valence-corrected chi connectivity index (χ2v) is 5.58. The van der Waals surface area contributed by atoms with Crippen molar-refractivity contribution in [2.75, 3.05) is 0 Å². The Morgan fingerprint density at radius 2 is 1.94 bits per heavy atom. The van der Waals surface area contributed by atoms with E-state index in [-0.39, 0.29) is 12.1 Å². The van der Waals surface area contributed by atoms with Crippen LogP contribution in [0.3, 0.4) is 0 Å². The lowest BCUT2D eigenvalue weighted by molar-refractivity contribution is -0.246. The average Bonchev–Trinajstić information content (AvgIpc) is 2.79. The third-order valence-corrected chi connectivity index (χ3v) is 3.75. The number of hydrogen-bond acceptors (Lipinski definition) is 5. The molecule has 0 bridgehead atoms. The summed E-state index contributed by atoms with van der Waals surface area (Å²) in [7, 11) is 0. The molecule has 3 rings (SSSR count). The fourth-order valence-corrected chi connectivity index (χ4v) is 2.96. The van der Waals surface area contributed by atoms with Gasteiger partial charge >= 0.3 is 5.97 Å². The van der Waals surface area contributed by atoms with Crippen LogP contribution in [0.5, 0.6) is 0 Å². The first-order chi connectivity index (χ1) is 8.60. The number of carbonyl (C=O) groups excluding carboxylic acids is 1. The van der Waals surface area contributed by atoms with Crippen LogP contribution in [0.25, 0.3) is 0 Å². The molecule has 18 heavy (non-hydrogen) atoms. The molecule has 5 nitrogen and oxygen atoms in total. The molecule has 5 heteroatoms. The molecule has 1 saturated carbocycles. The first-order valence-corrected chi connectivity index (χ1v) is 6.81. The van der Waals surface area contributed by atoms with Crippen molar-refractivity contribution in [1.82, 2.24) is 0 Å². The molecular formula is C13H20O5. The molecule has 2 saturated heterocycles. The lowest BCUT2D eigenvalue weighted by Gasteiger charge is -2.33. The van der Waals surface area contributed by atoms with E-state index in [0.717, 1.165) is 25.7 Å². The van der Waals surface area contributed by atoms with Crippen LogP contribution < -0.4 is 0 Å². The molecule has 3 atom stereocenters. The van der Waals surface area contributed by atoms with Crippen molar-refractivity contribution in [3.8, 4) is 0 Å². The van der Waals surface area contributed by atoms with Gasteiger partial charge in [0.15, 0.2) is 18.0 Å². The van der Waals surface area contributed by atoms with Crippen molar-refractivity contribution >= 4 is 5.97 Å². The second-order valence-electron chi connectivity index (χ2n) is 5.58. The van der Waals surface area contributed by atoms with Crippen LogP contribution in [0.4, 0.5) is 0 Å². The minimum atomic E-state index is -0.621. The van der Waals surface area contributed by atoms with Gasteiger partial charge in [0.2, 0.25) is 6.29 Å². The van der Waals surface area contributed by atoms with Crippen molar-refractivity contribution in [1.29, 1.82) is 0 Å². The van der Waals surface area contributed by atoms with E-state index < -0.39 is 24.3 Å². The number of hydrogen-bond donors (Lipinski definition) is 0. The van der Waals surface area contributed by atoms with E-state index in [1.54, 1.807) is 0 Å². The summed E-state index contributed by atoms with van der Waals surface area (Å²) in [5.41, 5.74) is 0. The first kappa shape index (κ1) is 12.4. The lowest BCUT2D eigenvalue weighted by atomic mass is 9.94. The summed E-state index contributed by atoms with van der Waals surface area (Å²) >= 11 is 0. The van der Waals surface area contributed by atoms with Crippen molar-refractivity contribution in [2.45, 2.75) is 76.3 Å². The topological polar surface area (TPSA) is 54.0 Å². The Hall–Kier alpha value is -0.650. The Kier molecular flexibility index (Phi) is 3.08. The lowest BCUT2D eigenvalue weighted by Crippen LogP contribution is -2.37. The van der Waals surface area contributed by atoms with Crippen LogP contribution in [-0.4, -0.2) is 36.4 Å². The monoisotopic (exact) mass is 256 g/mol. The third-order valence-electron chi connectivity index (χ3n) is 3.75. The van der Waals surface area contributed by atoms with Gasteiger partial charge in [-0.25, -0.2) is 4.79 Å². The second kappa shape index (κ2) is 4.47. The molecule has 2 heterocycles. The Balaban J connectivity index is 1.73. The number of rotatable bonds is 2. The summed E-state index contributed by atoms with van der Waals surface area (Å²) in [5.74, 6) is -0.917. The zero-order valence-corrected chi connectivity index (χ0v) is 10.9. The van der Waals surface area contributed by atoms with Crippen LogP contribution in [0.15, 0.2) is 0 Å². The molecule has 0 radical (unpaired) electrons. The Bertz CT molecular complexity index is 334. The maximum atomic E-state index is 11.8. The minimum absolute atomic E-state index is 0.00643. The maximum absolute atomic E-state index is 11.8. The normalized spacial score (nSPS) is 38.2. The predicted molar refractivity (Wildman–Crippen MR) is 61.7 cm³/mol. The number of carbonyl (C=O) groups is 1. The summed E-state index contributed by atoms with van der Waals surface area (Å²) < 4.78 is 22.6. The maximum Gasteiger partial charge on any atom is 0.340 e. The molecule has 2 aliphatic heterocycles. The van der Waals surface area contributed by atoms with Gasteiger partial charge < -0.3 is 18.9 Å². The van der Waals surface area contributed by atoms with E-state index in [0.29, 0.717) is 0 Å². The molecule has 0 aromatic carbocycles. The molecule has 0 amide bonds. The molecule has 3 fully saturated rings. The van der Waals surface area contributed by atoms with E-state index >= 15 is 0 Å². The Labute approximate surface area is 107 Å². The van der Waals surface area contributed by atoms with E-state index in [1.165, 1.54) is 6.42 Å². The van der Waals surface area contributed by atoms with E-state index in [1.807, 2.05) is 13.8 Å². The van der Waals surface area contributed by atoms with E-state index in [4.69, 9.17) is 18.9 Å². The quantitative estimate of drug-likeness (QED) is 0.704. The molecule has 1 spiro atoms. The highest BCUT2D eigenvalue weighted by atomic mass is 16.8. The Morgan fingerprint density at radius 3 is 2.61 bits per heavy atom. The highest BCUT2D eigenvalue weighted by molar-refractivity contribution is 5.78. The van der Waals surface area contributed by atoms with Crippen LogP contribution in [-0.2, 0) is 23.7 Å². The number of ether oxygens (including phenoxy) is 4. The van der Waals surface area contributed by atoms with Gasteiger partial charge in [-0.05, 0) is 26.7 Å². The van der Waals surface area contributed by atoms with Gasteiger partial charge in [-0.2, -0.15) is 0 Å². The van der Waals surface area contributed by atoms with Crippen LogP contribution >= 0.6 is 0 Å². The van der Waals surface area contributed by atoms with Gasteiger partial charge in [-0.1, -0.05) is 6.42 Å². The van der Waals surface area contributed by atoms with Gasteiger partial charge in [0.1, 0.15) is 0 Å². The summed E-state index contributed by atoms with van der Waals surface area (Å²) in [6.07, 6.45) is 3.47. The van der Waals surface area contributed by atoms with Gasteiger partial charge in [-0.15, -0.1) is 0 Å². The van der Waals surface area contributed by atoms with Gasteiger partial charge in [0, 0.05) is 12.8 Å². The summed E-state index contributed by atoms with van der Waals surface area (Å²) in [6.45, 7) is 3.82. The summed E-state index contributed by atoms with van der Waals surface area (Å²) in [4.78, 5) is 11.8. The SMILES string of the molecule is CC(C)OC1OC(=O)C2OC3(CCCCC3)OC12. The van der Waals surface area contributed by atoms with Gasteiger partial charge in [0.25, 0.3) is 0 Å². The standard InChI is InChI=1S/C13H20O5/c1-8(2)15-12-10-9(11(14)16-12)17-13(18-10)6-4-3-5-7-13/h8-10,12H,3-7H2,1-2H3. The molecule has 1 aliphatic carbocycles. The van der Waals surface area contributed by atoms with E-state index in [9.17, 15) is 4.79 Å². The fourth-order valence-electron chi connectivity index (χ4n) is 2.96. The van der Waals surface area contributed by atoms with Crippen LogP contribution in [0.1, 0.15) is 46.0 Å². The van der Waals surface area contributed by atoms with Crippen molar-refractivity contribution < 1.29 is 23.7 Å². The number of cyclic esters (lactones) is 1. The smallest absolute Gasteiger partial charge is 0.340 e. The molecule has 0 N–H and O–H groups in total. The molecule has 0 aromatic rings. The summed E-state index contributed by atoms with van der Waals surface area (Å²) in [6, 6.07) is 0. The zero-order valence-electron chi connectivity index (χ0n) is 10.9. The zero-order chi connectivity index (χ0) is 12.8.